The summed E-state index contributed by atoms with van der Waals surface area (Å²) in [5.74, 6) is -0.681. The number of aromatic nitrogens is 2. The maximum absolute atomic E-state index is 12.7. The van der Waals surface area contributed by atoms with E-state index in [4.69, 9.17) is 4.52 Å². The number of benzene rings is 1. The first kappa shape index (κ1) is 10.3. The Kier molecular flexibility index (Phi) is 2.63. The predicted molar refractivity (Wildman–Crippen MR) is 53.1 cm³/mol. The second-order valence-corrected chi connectivity index (χ2v) is 3.01. The molecule has 0 spiro atoms. The molecule has 0 unspecified atom stereocenters. The summed E-state index contributed by atoms with van der Waals surface area (Å²) in [7, 11) is 1.46. The molecule has 0 bridgehead atoms. The topological polar surface area (TPSA) is 68.0 Å². The first-order chi connectivity index (χ1) is 7.70. The molecule has 0 saturated heterocycles. The molecule has 1 heterocycles. The van der Waals surface area contributed by atoms with E-state index in [9.17, 15) is 9.18 Å². The van der Waals surface area contributed by atoms with Gasteiger partial charge in [0.05, 0.1) is 0 Å². The van der Waals surface area contributed by atoms with Crippen molar-refractivity contribution in [3.63, 3.8) is 0 Å². The highest BCUT2D eigenvalue weighted by atomic mass is 19.1. The van der Waals surface area contributed by atoms with Crippen molar-refractivity contribution in [3.05, 3.63) is 36.0 Å². The first-order valence-electron chi connectivity index (χ1n) is 4.52. The van der Waals surface area contributed by atoms with E-state index in [1.807, 2.05) is 0 Å². The highest BCUT2D eigenvalue weighted by molar-refractivity contribution is 5.89. The molecule has 82 valence electrons. The van der Waals surface area contributed by atoms with Crippen LogP contribution in [0.2, 0.25) is 0 Å². The van der Waals surface area contributed by atoms with Crippen LogP contribution >= 0.6 is 0 Å². The van der Waals surface area contributed by atoms with Crippen molar-refractivity contribution in [2.45, 2.75) is 0 Å². The Labute approximate surface area is 90.3 Å². The van der Waals surface area contributed by atoms with Crippen molar-refractivity contribution >= 4 is 5.91 Å². The van der Waals surface area contributed by atoms with Crippen molar-refractivity contribution in [3.8, 4) is 11.4 Å². The number of nitrogens with one attached hydrogen (secondary N) is 1. The Bertz CT molecular complexity index is 507. The Morgan fingerprint density at radius 2 is 2.06 bits per heavy atom. The number of nitrogens with zero attached hydrogens (tertiary/aromatic N) is 2. The largest absolute Gasteiger partial charge is 0.351 e. The lowest BCUT2D eigenvalue weighted by molar-refractivity contribution is 0.0919. The molecule has 2 rings (SSSR count). The molecule has 1 amide bonds. The van der Waals surface area contributed by atoms with Crippen LogP contribution in [0.1, 0.15) is 10.7 Å². The SMILES string of the molecule is CNC(=O)c1nc(-c2ccc(F)cc2)no1. The summed E-state index contributed by atoms with van der Waals surface area (Å²) in [6.45, 7) is 0. The van der Waals surface area contributed by atoms with Gasteiger partial charge in [-0.3, -0.25) is 4.79 Å². The van der Waals surface area contributed by atoms with Gasteiger partial charge in [-0.25, -0.2) is 4.39 Å². The van der Waals surface area contributed by atoms with E-state index in [-0.39, 0.29) is 17.5 Å². The normalized spacial score (nSPS) is 10.1. The molecular formula is C10H8FN3O2. The fourth-order valence-electron chi connectivity index (χ4n) is 1.14. The van der Waals surface area contributed by atoms with Gasteiger partial charge in [0.2, 0.25) is 5.82 Å². The summed E-state index contributed by atoms with van der Waals surface area (Å²) in [5, 5.41) is 5.98. The van der Waals surface area contributed by atoms with Gasteiger partial charge in [0.1, 0.15) is 5.82 Å². The third-order valence-electron chi connectivity index (χ3n) is 1.95. The van der Waals surface area contributed by atoms with Crippen molar-refractivity contribution < 1.29 is 13.7 Å². The average Bonchev–Trinajstić information content (AvgIpc) is 2.78. The molecule has 0 atom stereocenters. The second-order valence-electron chi connectivity index (χ2n) is 3.01. The summed E-state index contributed by atoms with van der Waals surface area (Å²) < 4.78 is 17.4. The third-order valence-corrected chi connectivity index (χ3v) is 1.95. The lowest BCUT2D eigenvalue weighted by Gasteiger charge is -1.92. The molecular weight excluding hydrogens is 213 g/mol. The molecule has 0 aliphatic heterocycles. The molecule has 1 aromatic carbocycles. The molecule has 16 heavy (non-hydrogen) atoms. The van der Waals surface area contributed by atoms with Crippen molar-refractivity contribution in [2.75, 3.05) is 7.05 Å². The van der Waals surface area contributed by atoms with Gasteiger partial charge in [0, 0.05) is 12.6 Å². The van der Waals surface area contributed by atoms with Crippen molar-refractivity contribution in [1.82, 2.24) is 15.5 Å². The molecule has 6 heteroatoms. The predicted octanol–water partition coefficient (Wildman–Crippen LogP) is 1.24. The average molecular weight is 221 g/mol. The van der Waals surface area contributed by atoms with Crippen LogP contribution in [0.25, 0.3) is 11.4 Å². The molecule has 1 N–H and O–H groups in total. The molecule has 0 saturated carbocycles. The number of rotatable bonds is 2. The van der Waals surface area contributed by atoms with Crippen molar-refractivity contribution in [1.29, 1.82) is 0 Å². The summed E-state index contributed by atoms with van der Waals surface area (Å²) in [4.78, 5) is 15.0. The van der Waals surface area contributed by atoms with Gasteiger partial charge in [-0.2, -0.15) is 4.98 Å². The van der Waals surface area contributed by atoms with Crippen LogP contribution in [0.5, 0.6) is 0 Å². The maximum atomic E-state index is 12.7. The van der Waals surface area contributed by atoms with Crippen LogP contribution in [0, 0.1) is 5.82 Å². The monoisotopic (exact) mass is 221 g/mol. The molecule has 0 radical (unpaired) electrons. The molecule has 1 aromatic heterocycles. The van der Waals surface area contributed by atoms with Crippen LogP contribution in [0.15, 0.2) is 28.8 Å². The highest BCUT2D eigenvalue weighted by Crippen LogP contribution is 2.15. The number of hydrogen-bond acceptors (Lipinski definition) is 4. The van der Waals surface area contributed by atoms with E-state index in [0.29, 0.717) is 5.56 Å². The van der Waals surface area contributed by atoms with Crippen molar-refractivity contribution in [2.24, 2.45) is 0 Å². The minimum atomic E-state index is -0.458. The van der Waals surface area contributed by atoms with Gasteiger partial charge in [0.15, 0.2) is 0 Å². The van der Waals surface area contributed by atoms with Gasteiger partial charge in [0.25, 0.3) is 0 Å². The fourth-order valence-corrected chi connectivity index (χ4v) is 1.14. The second kappa shape index (κ2) is 4.09. The smallest absolute Gasteiger partial charge is 0.316 e. The highest BCUT2D eigenvalue weighted by Gasteiger charge is 2.14. The minimum Gasteiger partial charge on any atom is -0.351 e. The summed E-state index contributed by atoms with van der Waals surface area (Å²) in [6.07, 6.45) is 0. The standard InChI is InChI=1S/C10H8FN3O2/c1-12-9(15)10-13-8(14-16-10)6-2-4-7(11)5-3-6/h2-5H,1H3,(H,12,15). The first-order valence-corrected chi connectivity index (χ1v) is 4.52. The van der Waals surface area contributed by atoms with Crippen LogP contribution in [-0.4, -0.2) is 23.1 Å². The molecule has 0 fully saturated rings. The summed E-state index contributed by atoms with van der Waals surface area (Å²) >= 11 is 0. The van der Waals surface area contributed by atoms with Crippen LogP contribution in [0.3, 0.4) is 0 Å². The maximum Gasteiger partial charge on any atom is 0.316 e. The van der Waals surface area contributed by atoms with Gasteiger partial charge < -0.3 is 9.84 Å². The molecule has 2 aromatic rings. The fraction of sp³-hybridized carbons (Fsp3) is 0.100. The zero-order chi connectivity index (χ0) is 11.5. The van der Waals surface area contributed by atoms with Crippen LogP contribution < -0.4 is 5.32 Å². The van der Waals surface area contributed by atoms with Crippen LogP contribution in [0.4, 0.5) is 4.39 Å². The number of amides is 1. The van der Waals surface area contributed by atoms with E-state index < -0.39 is 5.91 Å². The zero-order valence-corrected chi connectivity index (χ0v) is 8.40. The number of hydrogen-bond donors (Lipinski definition) is 1. The lowest BCUT2D eigenvalue weighted by atomic mass is 10.2. The summed E-state index contributed by atoms with van der Waals surface area (Å²) in [6, 6.07) is 5.58. The van der Waals surface area contributed by atoms with Crippen LogP contribution in [-0.2, 0) is 0 Å². The van der Waals surface area contributed by atoms with E-state index in [1.54, 1.807) is 0 Å². The number of carbonyl (C=O) groups is 1. The molecule has 0 aliphatic rings. The third kappa shape index (κ3) is 1.90. The van der Waals surface area contributed by atoms with Gasteiger partial charge in [-0.05, 0) is 24.3 Å². The van der Waals surface area contributed by atoms with Gasteiger partial charge in [-0.15, -0.1) is 0 Å². The van der Waals surface area contributed by atoms with Gasteiger partial charge >= 0.3 is 11.8 Å². The Balaban J connectivity index is 2.31. The number of carbonyl (C=O) groups excluding carboxylic acids is 1. The van der Waals surface area contributed by atoms with E-state index in [1.165, 1.54) is 31.3 Å². The minimum absolute atomic E-state index is 0.123. The molecule has 5 nitrogen and oxygen atoms in total. The Morgan fingerprint density at radius 3 is 2.69 bits per heavy atom. The van der Waals surface area contributed by atoms with E-state index >= 15 is 0 Å². The Morgan fingerprint density at radius 1 is 1.38 bits per heavy atom. The van der Waals surface area contributed by atoms with E-state index in [0.717, 1.165) is 0 Å². The zero-order valence-electron chi connectivity index (χ0n) is 8.40. The Hall–Kier alpha value is -2.24. The summed E-state index contributed by atoms with van der Waals surface area (Å²) in [5.41, 5.74) is 0.584. The molecule has 0 aliphatic carbocycles. The quantitative estimate of drug-likeness (QED) is 0.828. The van der Waals surface area contributed by atoms with Gasteiger partial charge in [-0.1, -0.05) is 5.16 Å². The lowest BCUT2D eigenvalue weighted by Crippen LogP contribution is -2.17. The van der Waals surface area contributed by atoms with E-state index in [2.05, 4.69) is 15.5 Å². The number of halogens is 1.